The zero-order valence-electron chi connectivity index (χ0n) is 8.97. The molecule has 0 radical (unpaired) electrons. The van der Waals surface area contributed by atoms with Gasteiger partial charge >= 0.3 is 0 Å². The molecular weight excluding hydrogens is 200 g/mol. The minimum absolute atomic E-state index is 0.577. The number of hydrogen-bond donors (Lipinski definition) is 1. The van der Waals surface area contributed by atoms with Crippen LogP contribution in [-0.2, 0) is 0 Å². The molecule has 82 valence electrons. The van der Waals surface area contributed by atoms with Crippen LogP contribution in [0.15, 0.2) is 47.3 Å². The average molecular weight is 214 g/mol. The van der Waals surface area contributed by atoms with E-state index >= 15 is 0 Å². The second kappa shape index (κ2) is 3.80. The van der Waals surface area contributed by atoms with Gasteiger partial charge in [0.2, 0.25) is 0 Å². The van der Waals surface area contributed by atoms with Crippen molar-refractivity contribution in [2.75, 3.05) is 0 Å². The van der Waals surface area contributed by atoms with Crippen LogP contribution in [0.5, 0.6) is 0 Å². The van der Waals surface area contributed by atoms with Crippen molar-refractivity contribution in [2.24, 2.45) is 0 Å². The van der Waals surface area contributed by atoms with Gasteiger partial charge in [0.05, 0.1) is 12.5 Å². The Morgan fingerprint density at radius 1 is 1.06 bits per heavy atom. The van der Waals surface area contributed by atoms with E-state index in [1.54, 1.807) is 18.6 Å². The van der Waals surface area contributed by atoms with Crippen molar-refractivity contribution >= 4 is 0 Å². The molecule has 0 spiro atoms. The zero-order valence-corrected chi connectivity index (χ0v) is 8.97. The molecule has 1 aromatic carbocycles. The van der Waals surface area contributed by atoms with Crippen molar-refractivity contribution in [3.8, 4) is 0 Å². The Bertz CT molecular complexity index is 452. The molecular formula is C14H14O2. The Hall–Kier alpha value is -1.54. The van der Waals surface area contributed by atoms with Crippen molar-refractivity contribution in [1.29, 1.82) is 0 Å². The summed E-state index contributed by atoms with van der Waals surface area (Å²) in [6.07, 6.45) is 5.20. The summed E-state index contributed by atoms with van der Waals surface area (Å²) < 4.78 is 4.97. The summed E-state index contributed by atoms with van der Waals surface area (Å²) >= 11 is 0. The lowest BCUT2D eigenvalue weighted by Crippen LogP contribution is -1.97. The first-order chi connectivity index (χ1) is 7.84. The molecule has 3 rings (SSSR count). The van der Waals surface area contributed by atoms with Crippen LogP contribution in [0.25, 0.3) is 0 Å². The third-order valence-electron chi connectivity index (χ3n) is 3.16. The van der Waals surface area contributed by atoms with Crippen LogP contribution in [0, 0.1) is 0 Å². The fraction of sp³-hybridized carbons (Fsp3) is 0.286. The van der Waals surface area contributed by atoms with Gasteiger partial charge in [0.25, 0.3) is 0 Å². The molecule has 1 saturated carbocycles. The standard InChI is InChI=1S/C14H14O2/c15-14(13-7-8-16-9-13)12-5-3-11(4-6-12)10-1-2-10/h3-10,14-15H,1-2H2. The van der Waals surface area contributed by atoms with Gasteiger partial charge < -0.3 is 9.52 Å². The summed E-state index contributed by atoms with van der Waals surface area (Å²) in [6, 6.07) is 10.0. The molecule has 2 aromatic rings. The molecule has 1 N–H and O–H groups in total. The van der Waals surface area contributed by atoms with Crippen LogP contribution in [0.1, 0.15) is 41.6 Å². The van der Waals surface area contributed by atoms with Crippen molar-refractivity contribution in [1.82, 2.24) is 0 Å². The molecule has 0 aliphatic heterocycles. The highest BCUT2D eigenvalue weighted by Crippen LogP contribution is 2.40. The highest BCUT2D eigenvalue weighted by Gasteiger charge is 2.23. The van der Waals surface area contributed by atoms with Gasteiger partial charge in [-0.25, -0.2) is 0 Å². The lowest BCUT2D eigenvalue weighted by atomic mass is 10.0. The quantitative estimate of drug-likeness (QED) is 0.850. The molecule has 1 aromatic heterocycles. The number of furan rings is 1. The van der Waals surface area contributed by atoms with Gasteiger partial charge in [-0.3, -0.25) is 0 Å². The average Bonchev–Trinajstić information content (AvgIpc) is 3.04. The van der Waals surface area contributed by atoms with Crippen LogP contribution in [0.3, 0.4) is 0 Å². The first-order valence-corrected chi connectivity index (χ1v) is 5.64. The van der Waals surface area contributed by atoms with Gasteiger partial charge in [-0.2, -0.15) is 0 Å². The van der Waals surface area contributed by atoms with E-state index < -0.39 is 6.10 Å². The first-order valence-electron chi connectivity index (χ1n) is 5.64. The molecule has 0 amide bonds. The van der Waals surface area contributed by atoms with Gasteiger partial charge in [-0.05, 0) is 36.0 Å². The van der Waals surface area contributed by atoms with Crippen LogP contribution < -0.4 is 0 Å². The van der Waals surface area contributed by atoms with Gasteiger partial charge in [0.1, 0.15) is 6.10 Å². The predicted octanol–water partition coefficient (Wildman–Crippen LogP) is 3.24. The lowest BCUT2D eigenvalue weighted by molar-refractivity contribution is 0.219. The van der Waals surface area contributed by atoms with Crippen LogP contribution in [0.4, 0.5) is 0 Å². The summed E-state index contributed by atoms with van der Waals surface area (Å²) in [6.45, 7) is 0. The van der Waals surface area contributed by atoms with Gasteiger partial charge in [0, 0.05) is 5.56 Å². The van der Waals surface area contributed by atoms with Crippen molar-refractivity contribution in [3.63, 3.8) is 0 Å². The number of rotatable bonds is 3. The summed E-state index contributed by atoms with van der Waals surface area (Å²) in [5, 5.41) is 10.1. The second-order valence-electron chi connectivity index (χ2n) is 4.40. The molecule has 0 bridgehead atoms. The van der Waals surface area contributed by atoms with Crippen molar-refractivity contribution in [2.45, 2.75) is 24.9 Å². The first kappa shape index (κ1) is 9.67. The Balaban J connectivity index is 1.83. The minimum atomic E-state index is -0.577. The maximum Gasteiger partial charge on any atom is 0.107 e. The number of aliphatic hydroxyl groups excluding tert-OH is 1. The van der Waals surface area contributed by atoms with Gasteiger partial charge in [0.15, 0.2) is 0 Å². The molecule has 1 aliphatic carbocycles. The van der Waals surface area contributed by atoms with Gasteiger partial charge in [-0.15, -0.1) is 0 Å². The Labute approximate surface area is 94.5 Å². The topological polar surface area (TPSA) is 33.4 Å². The van der Waals surface area contributed by atoms with Crippen LogP contribution in [0.2, 0.25) is 0 Å². The zero-order chi connectivity index (χ0) is 11.0. The van der Waals surface area contributed by atoms with E-state index in [1.165, 1.54) is 18.4 Å². The summed E-state index contributed by atoms with van der Waals surface area (Å²) in [7, 11) is 0. The highest BCUT2D eigenvalue weighted by molar-refractivity contribution is 5.32. The molecule has 2 heteroatoms. The molecule has 1 unspecified atom stereocenters. The molecule has 16 heavy (non-hydrogen) atoms. The molecule has 1 fully saturated rings. The maximum absolute atomic E-state index is 10.1. The number of hydrogen-bond acceptors (Lipinski definition) is 2. The normalized spacial score (nSPS) is 17.3. The number of benzene rings is 1. The van der Waals surface area contributed by atoms with Crippen molar-refractivity contribution < 1.29 is 9.52 Å². The smallest absolute Gasteiger partial charge is 0.107 e. The van der Waals surface area contributed by atoms with E-state index in [0.29, 0.717) is 0 Å². The van der Waals surface area contributed by atoms with E-state index in [0.717, 1.165) is 17.0 Å². The van der Waals surface area contributed by atoms with Crippen molar-refractivity contribution in [3.05, 3.63) is 59.5 Å². The Kier molecular flexibility index (Phi) is 2.29. The molecule has 2 nitrogen and oxygen atoms in total. The van der Waals surface area contributed by atoms with Crippen LogP contribution in [-0.4, -0.2) is 5.11 Å². The molecule has 0 saturated heterocycles. The maximum atomic E-state index is 10.1. The third kappa shape index (κ3) is 1.76. The molecule has 1 atom stereocenters. The minimum Gasteiger partial charge on any atom is -0.472 e. The highest BCUT2D eigenvalue weighted by atomic mass is 16.3. The van der Waals surface area contributed by atoms with Gasteiger partial charge in [-0.1, -0.05) is 24.3 Å². The molecule has 1 aliphatic rings. The van der Waals surface area contributed by atoms with E-state index in [2.05, 4.69) is 12.1 Å². The van der Waals surface area contributed by atoms with E-state index in [-0.39, 0.29) is 0 Å². The summed E-state index contributed by atoms with van der Waals surface area (Å²) in [4.78, 5) is 0. The lowest BCUT2D eigenvalue weighted by Gasteiger charge is -2.09. The SMILES string of the molecule is OC(c1ccc(C2CC2)cc1)c1ccoc1. The second-order valence-corrected chi connectivity index (χ2v) is 4.40. The summed E-state index contributed by atoms with van der Waals surface area (Å²) in [5.41, 5.74) is 3.12. The predicted molar refractivity (Wildman–Crippen MR) is 61.2 cm³/mol. The molecule has 1 heterocycles. The Morgan fingerprint density at radius 3 is 2.38 bits per heavy atom. The van der Waals surface area contributed by atoms with Crippen LogP contribution >= 0.6 is 0 Å². The number of aliphatic hydroxyl groups is 1. The fourth-order valence-electron chi connectivity index (χ4n) is 1.99. The van der Waals surface area contributed by atoms with E-state index in [4.69, 9.17) is 4.42 Å². The Morgan fingerprint density at radius 2 is 1.81 bits per heavy atom. The monoisotopic (exact) mass is 214 g/mol. The summed E-state index contributed by atoms with van der Waals surface area (Å²) in [5.74, 6) is 0.764. The fourth-order valence-corrected chi connectivity index (χ4v) is 1.99. The largest absolute Gasteiger partial charge is 0.472 e. The van der Waals surface area contributed by atoms with E-state index in [1.807, 2.05) is 12.1 Å². The third-order valence-corrected chi connectivity index (χ3v) is 3.16. The van der Waals surface area contributed by atoms with E-state index in [9.17, 15) is 5.11 Å².